The number of aryl methyl sites for hydroxylation is 1. The van der Waals surface area contributed by atoms with E-state index in [-0.39, 0.29) is 22.5 Å². The quantitative estimate of drug-likeness (QED) is 0.726. The Bertz CT molecular complexity index is 623. The average Bonchev–Trinajstić information content (AvgIpc) is 2.84. The highest BCUT2D eigenvalue weighted by molar-refractivity contribution is 7.89. The predicted octanol–water partition coefficient (Wildman–Crippen LogP) is -0.0335. The molecule has 1 aromatic heterocycles. The molecule has 0 spiro atoms. The summed E-state index contributed by atoms with van der Waals surface area (Å²) in [5.74, 6) is -0.374. The summed E-state index contributed by atoms with van der Waals surface area (Å²) in [6, 6.07) is 1.06. The summed E-state index contributed by atoms with van der Waals surface area (Å²) in [5.41, 5.74) is 0.251. The van der Waals surface area contributed by atoms with Gasteiger partial charge in [-0.2, -0.15) is 0 Å². The second-order valence-electron chi connectivity index (χ2n) is 5.31. The molecule has 3 N–H and O–H groups in total. The van der Waals surface area contributed by atoms with Crippen LogP contribution in [0.2, 0.25) is 0 Å². The Morgan fingerprint density at radius 2 is 2.05 bits per heavy atom. The number of aromatic nitrogens is 1. The van der Waals surface area contributed by atoms with Crippen LogP contribution in [-0.4, -0.2) is 43.2 Å². The van der Waals surface area contributed by atoms with Crippen molar-refractivity contribution in [3.05, 3.63) is 18.0 Å². The topological polar surface area (TPSA) is 100 Å². The largest absolute Gasteiger partial charge is 0.391 e. The van der Waals surface area contributed by atoms with E-state index in [0.29, 0.717) is 6.42 Å². The summed E-state index contributed by atoms with van der Waals surface area (Å²) in [7, 11) is -0.646. The molecule has 1 saturated carbocycles. The first-order valence-corrected chi connectivity index (χ1v) is 8.42. The Kier molecular flexibility index (Phi) is 4.70. The van der Waals surface area contributed by atoms with E-state index in [9.17, 15) is 18.3 Å². The van der Waals surface area contributed by atoms with Crippen LogP contribution < -0.4 is 10.0 Å². The third-order valence-corrected chi connectivity index (χ3v) is 5.22. The highest BCUT2D eigenvalue weighted by atomic mass is 32.2. The molecule has 2 atom stereocenters. The van der Waals surface area contributed by atoms with Crippen LogP contribution in [0.15, 0.2) is 17.2 Å². The first kappa shape index (κ1) is 16.0. The molecule has 2 rings (SSSR count). The van der Waals surface area contributed by atoms with Crippen molar-refractivity contribution in [3.63, 3.8) is 0 Å². The van der Waals surface area contributed by atoms with Gasteiger partial charge in [0.1, 0.15) is 10.6 Å². The lowest BCUT2D eigenvalue weighted by molar-refractivity contribution is 0.0711. The number of sulfonamides is 1. The lowest BCUT2D eigenvalue weighted by Crippen LogP contribution is -2.45. The molecule has 0 saturated heterocycles. The molecule has 1 aromatic rings. The molecule has 1 aliphatic rings. The Labute approximate surface area is 124 Å². The summed E-state index contributed by atoms with van der Waals surface area (Å²) < 4.78 is 27.1. The van der Waals surface area contributed by atoms with E-state index in [1.807, 2.05) is 0 Å². The molecular weight excluding hydrogens is 294 g/mol. The monoisotopic (exact) mass is 315 g/mol. The van der Waals surface area contributed by atoms with E-state index < -0.39 is 16.1 Å². The number of hydrogen-bond donors (Lipinski definition) is 3. The molecule has 2 unspecified atom stereocenters. The second kappa shape index (κ2) is 6.17. The van der Waals surface area contributed by atoms with Gasteiger partial charge in [0.2, 0.25) is 10.0 Å². The van der Waals surface area contributed by atoms with Crippen LogP contribution in [0, 0.1) is 0 Å². The third kappa shape index (κ3) is 3.45. The number of nitrogens with one attached hydrogen (secondary N) is 2. The Morgan fingerprint density at radius 3 is 2.67 bits per heavy atom. The van der Waals surface area contributed by atoms with Crippen molar-refractivity contribution in [3.8, 4) is 0 Å². The van der Waals surface area contributed by atoms with Crippen molar-refractivity contribution in [1.82, 2.24) is 14.6 Å². The van der Waals surface area contributed by atoms with Crippen LogP contribution in [0.5, 0.6) is 0 Å². The molecule has 8 heteroatoms. The minimum absolute atomic E-state index is 0.0434. The van der Waals surface area contributed by atoms with Gasteiger partial charge in [-0.15, -0.1) is 0 Å². The maximum absolute atomic E-state index is 12.2. The van der Waals surface area contributed by atoms with Crippen molar-refractivity contribution in [2.45, 2.75) is 42.7 Å². The number of carbonyl (C=O) groups excluding carboxylic acids is 1. The minimum Gasteiger partial charge on any atom is -0.391 e. The van der Waals surface area contributed by atoms with E-state index in [4.69, 9.17) is 0 Å². The third-order valence-electron chi connectivity index (χ3n) is 3.84. The number of amides is 1. The zero-order valence-electron chi connectivity index (χ0n) is 12.2. The van der Waals surface area contributed by atoms with E-state index >= 15 is 0 Å². The predicted molar refractivity (Wildman–Crippen MR) is 77.4 cm³/mol. The second-order valence-corrected chi connectivity index (χ2v) is 7.20. The minimum atomic E-state index is -3.58. The fraction of sp³-hybridized carbons (Fsp3) is 0.615. The van der Waals surface area contributed by atoms with Crippen LogP contribution >= 0.6 is 0 Å². The van der Waals surface area contributed by atoms with Crippen molar-refractivity contribution < 1.29 is 18.3 Å². The normalized spacial score (nSPS) is 23.0. The number of aliphatic hydroxyl groups is 1. The number of nitrogens with zero attached hydrogens (tertiary/aromatic N) is 1. The van der Waals surface area contributed by atoms with Crippen LogP contribution in [0.4, 0.5) is 0 Å². The number of aliphatic hydroxyl groups excluding tert-OH is 1. The van der Waals surface area contributed by atoms with Gasteiger partial charge in [0, 0.05) is 13.2 Å². The Hall–Kier alpha value is -1.38. The highest BCUT2D eigenvalue weighted by Crippen LogP contribution is 2.19. The molecule has 7 nitrogen and oxygen atoms in total. The molecule has 21 heavy (non-hydrogen) atoms. The summed E-state index contributed by atoms with van der Waals surface area (Å²) in [4.78, 5) is 12.3. The van der Waals surface area contributed by atoms with Crippen LogP contribution in [-0.2, 0) is 17.1 Å². The molecule has 0 bridgehead atoms. The molecule has 1 amide bonds. The maximum atomic E-state index is 12.2. The molecular formula is C13H21N3O4S. The fourth-order valence-corrected chi connectivity index (χ4v) is 3.35. The van der Waals surface area contributed by atoms with Gasteiger partial charge < -0.3 is 15.0 Å². The van der Waals surface area contributed by atoms with E-state index in [2.05, 4.69) is 10.0 Å². The smallest absolute Gasteiger partial charge is 0.268 e. The van der Waals surface area contributed by atoms with Crippen LogP contribution in [0.25, 0.3) is 0 Å². The maximum Gasteiger partial charge on any atom is 0.268 e. The van der Waals surface area contributed by atoms with Crippen LogP contribution in [0.3, 0.4) is 0 Å². The van der Waals surface area contributed by atoms with Gasteiger partial charge in [0.15, 0.2) is 0 Å². The van der Waals surface area contributed by atoms with E-state index in [0.717, 1.165) is 19.3 Å². The SMILES string of the molecule is CNS(=O)(=O)c1cc(C(=O)NC2CCCCC2O)n(C)c1. The summed E-state index contributed by atoms with van der Waals surface area (Å²) in [5, 5.41) is 12.7. The number of carbonyl (C=O) groups is 1. The zero-order chi connectivity index (χ0) is 15.6. The van der Waals surface area contributed by atoms with E-state index in [1.165, 1.54) is 23.9 Å². The first-order valence-electron chi connectivity index (χ1n) is 6.94. The van der Waals surface area contributed by atoms with Crippen LogP contribution in [0.1, 0.15) is 36.2 Å². The number of rotatable bonds is 4. The van der Waals surface area contributed by atoms with Gasteiger partial charge in [-0.25, -0.2) is 13.1 Å². The lowest BCUT2D eigenvalue weighted by atomic mass is 9.92. The molecule has 0 radical (unpaired) electrons. The molecule has 0 aliphatic heterocycles. The summed E-state index contributed by atoms with van der Waals surface area (Å²) in [6.07, 6.45) is 4.19. The van der Waals surface area contributed by atoms with Gasteiger partial charge in [0.05, 0.1) is 12.1 Å². The molecule has 118 valence electrons. The summed E-state index contributed by atoms with van der Waals surface area (Å²) in [6.45, 7) is 0. The van der Waals surface area contributed by atoms with Gasteiger partial charge in [0.25, 0.3) is 5.91 Å². The van der Waals surface area contributed by atoms with Gasteiger partial charge in [-0.1, -0.05) is 12.8 Å². The van der Waals surface area contributed by atoms with Gasteiger partial charge >= 0.3 is 0 Å². The number of hydrogen-bond acceptors (Lipinski definition) is 4. The fourth-order valence-electron chi connectivity index (χ4n) is 2.55. The molecule has 1 heterocycles. The molecule has 0 aromatic carbocycles. The molecule has 1 fully saturated rings. The first-order chi connectivity index (χ1) is 9.85. The van der Waals surface area contributed by atoms with Crippen molar-refractivity contribution in [2.24, 2.45) is 7.05 Å². The van der Waals surface area contributed by atoms with Crippen molar-refractivity contribution in [1.29, 1.82) is 0 Å². The lowest BCUT2D eigenvalue weighted by Gasteiger charge is -2.28. The average molecular weight is 315 g/mol. The van der Waals surface area contributed by atoms with Gasteiger partial charge in [-0.05, 0) is 26.0 Å². The Balaban J connectivity index is 2.16. The van der Waals surface area contributed by atoms with Gasteiger partial charge in [-0.3, -0.25) is 4.79 Å². The zero-order valence-corrected chi connectivity index (χ0v) is 13.0. The molecule has 1 aliphatic carbocycles. The standard InChI is InChI=1S/C13H21N3O4S/c1-14-21(19,20)9-7-11(16(2)8-9)13(18)15-10-5-3-4-6-12(10)17/h7-8,10,12,14,17H,3-6H2,1-2H3,(H,15,18). The Morgan fingerprint density at radius 1 is 1.38 bits per heavy atom. The van der Waals surface area contributed by atoms with Crippen molar-refractivity contribution >= 4 is 15.9 Å². The highest BCUT2D eigenvalue weighted by Gasteiger charge is 2.26. The van der Waals surface area contributed by atoms with E-state index in [1.54, 1.807) is 7.05 Å². The van der Waals surface area contributed by atoms with Crippen molar-refractivity contribution in [2.75, 3.05) is 7.05 Å². The summed E-state index contributed by atoms with van der Waals surface area (Å²) >= 11 is 0.